The Morgan fingerprint density at radius 3 is 2.68 bits per heavy atom. The highest BCUT2D eigenvalue weighted by molar-refractivity contribution is 5.40. The van der Waals surface area contributed by atoms with E-state index in [0.717, 1.165) is 11.7 Å². The summed E-state index contributed by atoms with van der Waals surface area (Å²) in [6, 6.07) is 7.52. The smallest absolute Gasteiger partial charge is 0.122 e. The topological polar surface area (TPSA) is 21.3 Å². The first-order valence-electron chi connectivity index (χ1n) is 7.77. The van der Waals surface area contributed by atoms with Gasteiger partial charge in [0, 0.05) is 6.04 Å². The predicted octanol–water partition coefficient (Wildman–Crippen LogP) is 3.65. The second kappa shape index (κ2) is 5.96. The van der Waals surface area contributed by atoms with E-state index in [1.807, 2.05) is 0 Å². The van der Waals surface area contributed by atoms with Crippen LogP contribution in [0.2, 0.25) is 0 Å². The largest absolute Gasteiger partial charge is 0.496 e. The zero-order chi connectivity index (χ0) is 13.1. The van der Waals surface area contributed by atoms with Crippen LogP contribution >= 0.6 is 0 Å². The van der Waals surface area contributed by atoms with Crippen LogP contribution in [0, 0.1) is 0 Å². The maximum absolute atomic E-state index is 5.57. The van der Waals surface area contributed by atoms with Crippen molar-refractivity contribution in [1.29, 1.82) is 0 Å². The van der Waals surface area contributed by atoms with Crippen molar-refractivity contribution in [2.75, 3.05) is 13.7 Å². The van der Waals surface area contributed by atoms with E-state index in [1.54, 1.807) is 7.11 Å². The van der Waals surface area contributed by atoms with Gasteiger partial charge in [0.25, 0.3) is 0 Å². The lowest BCUT2D eigenvalue weighted by atomic mass is 9.93. The van der Waals surface area contributed by atoms with Crippen LogP contribution in [-0.4, -0.2) is 19.7 Å². The van der Waals surface area contributed by atoms with E-state index >= 15 is 0 Å². The normalized spacial score (nSPS) is 23.9. The molecule has 2 nitrogen and oxygen atoms in total. The number of methoxy groups -OCH3 is 1. The van der Waals surface area contributed by atoms with Crippen molar-refractivity contribution >= 4 is 0 Å². The molecule has 2 aliphatic rings. The second-order valence-corrected chi connectivity index (χ2v) is 6.06. The molecule has 0 bridgehead atoms. The van der Waals surface area contributed by atoms with E-state index in [0.29, 0.717) is 6.04 Å². The van der Waals surface area contributed by atoms with E-state index in [1.165, 1.54) is 62.6 Å². The summed E-state index contributed by atoms with van der Waals surface area (Å²) in [7, 11) is 1.80. The lowest BCUT2D eigenvalue weighted by Gasteiger charge is -2.17. The van der Waals surface area contributed by atoms with Crippen LogP contribution in [0.4, 0.5) is 0 Å². The Labute approximate surface area is 116 Å². The summed E-state index contributed by atoms with van der Waals surface area (Å²) in [5.74, 6) is 1.82. The Balaban J connectivity index is 1.79. The molecule has 1 N–H and O–H groups in total. The summed E-state index contributed by atoms with van der Waals surface area (Å²) < 4.78 is 5.57. The monoisotopic (exact) mass is 259 g/mol. The fourth-order valence-corrected chi connectivity index (χ4v) is 3.68. The molecule has 104 valence electrons. The zero-order valence-corrected chi connectivity index (χ0v) is 12.0. The first-order valence-corrected chi connectivity index (χ1v) is 7.77. The average molecular weight is 259 g/mol. The molecular formula is C17H25NO. The van der Waals surface area contributed by atoms with Crippen LogP contribution < -0.4 is 10.1 Å². The second-order valence-electron chi connectivity index (χ2n) is 6.06. The summed E-state index contributed by atoms with van der Waals surface area (Å²) >= 11 is 0. The maximum Gasteiger partial charge on any atom is 0.122 e. The first kappa shape index (κ1) is 13.0. The Hall–Kier alpha value is -1.02. The summed E-state index contributed by atoms with van der Waals surface area (Å²) in [6.45, 7) is 1.19. The Morgan fingerprint density at radius 1 is 1.16 bits per heavy atom. The van der Waals surface area contributed by atoms with E-state index in [4.69, 9.17) is 4.74 Å². The van der Waals surface area contributed by atoms with Crippen molar-refractivity contribution in [3.8, 4) is 5.75 Å². The fourth-order valence-electron chi connectivity index (χ4n) is 3.68. The van der Waals surface area contributed by atoms with Crippen LogP contribution in [0.25, 0.3) is 0 Å². The van der Waals surface area contributed by atoms with Crippen molar-refractivity contribution < 1.29 is 4.74 Å². The summed E-state index contributed by atoms with van der Waals surface area (Å²) in [5.41, 5.74) is 2.93. The van der Waals surface area contributed by atoms with Crippen molar-refractivity contribution in [3.05, 3.63) is 29.3 Å². The molecule has 0 amide bonds. The van der Waals surface area contributed by atoms with Gasteiger partial charge in [-0.1, -0.05) is 25.0 Å². The van der Waals surface area contributed by atoms with Gasteiger partial charge in [-0.05, 0) is 61.8 Å². The molecule has 1 aliphatic carbocycles. The third-order valence-electron chi connectivity index (χ3n) is 4.73. The van der Waals surface area contributed by atoms with Crippen LogP contribution in [0.15, 0.2) is 18.2 Å². The van der Waals surface area contributed by atoms with Gasteiger partial charge in [-0.2, -0.15) is 0 Å². The van der Waals surface area contributed by atoms with E-state index < -0.39 is 0 Å². The molecule has 0 spiro atoms. The Morgan fingerprint density at radius 2 is 2.00 bits per heavy atom. The molecule has 1 unspecified atom stereocenters. The molecule has 1 saturated heterocycles. The lowest BCUT2D eigenvalue weighted by molar-refractivity contribution is 0.405. The highest BCUT2D eigenvalue weighted by Gasteiger charge is 2.22. The Kier molecular flexibility index (Phi) is 4.07. The van der Waals surface area contributed by atoms with Crippen LogP contribution in [-0.2, 0) is 6.42 Å². The quantitative estimate of drug-likeness (QED) is 0.891. The molecule has 1 aliphatic heterocycles. The maximum atomic E-state index is 5.57. The third kappa shape index (κ3) is 2.94. The van der Waals surface area contributed by atoms with Gasteiger partial charge in [0.2, 0.25) is 0 Å². The fraction of sp³-hybridized carbons (Fsp3) is 0.647. The van der Waals surface area contributed by atoms with Crippen LogP contribution in [0.5, 0.6) is 5.75 Å². The first-order chi connectivity index (χ1) is 9.36. The predicted molar refractivity (Wildman–Crippen MR) is 78.9 cm³/mol. The standard InChI is InChI=1S/C17H25NO/c1-19-17-9-8-13(11-15-7-4-10-18-15)12-16(17)14-5-2-3-6-14/h8-9,12,14-15,18H,2-7,10-11H2,1H3. The number of benzene rings is 1. The number of hydrogen-bond acceptors (Lipinski definition) is 2. The van der Waals surface area contributed by atoms with Gasteiger partial charge >= 0.3 is 0 Å². The summed E-state index contributed by atoms with van der Waals surface area (Å²) in [6.07, 6.45) is 9.25. The molecule has 2 heteroatoms. The van der Waals surface area contributed by atoms with Gasteiger partial charge in [0.1, 0.15) is 5.75 Å². The minimum atomic E-state index is 0.685. The van der Waals surface area contributed by atoms with Gasteiger partial charge in [0.05, 0.1) is 7.11 Å². The van der Waals surface area contributed by atoms with E-state index in [9.17, 15) is 0 Å². The molecule has 0 radical (unpaired) electrons. The SMILES string of the molecule is COc1ccc(CC2CCCN2)cc1C1CCCC1. The van der Waals surface area contributed by atoms with Gasteiger partial charge in [0.15, 0.2) is 0 Å². The number of ether oxygens (including phenoxy) is 1. The van der Waals surface area contributed by atoms with Crippen LogP contribution in [0.3, 0.4) is 0 Å². The van der Waals surface area contributed by atoms with E-state index in [-0.39, 0.29) is 0 Å². The number of hydrogen-bond donors (Lipinski definition) is 1. The molecule has 1 saturated carbocycles. The number of rotatable bonds is 4. The highest BCUT2D eigenvalue weighted by Crippen LogP contribution is 2.39. The zero-order valence-electron chi connectivity index (χ0n) is 12.0. The molecule has 2 fully saturated rings. The van der Waals surface area contributed by atoms with Gasteiger partial charge in [-0.3, -0.25) is 0 Å². The minimum Gasteiger partial charge on any atom is -0.496 e. The number of nitrogens with one attached hydrogen (secondary N) is 1. The van der Waals surface area contributed by atoms with Crippen LogP contribution in [0.1, 0.15) is 55.6 Å². The summed E-state index contributed by atoms with van der Waals surface area (Å²) in [4.78, 5) is 0. The molecule has 0 aromatic heterocycles. The lowest BCUT2D eigenvalue weighted by Crippen LogP contribution is -2.23. The molecule has 1 aromatic rings. The van der Waals surface area contributed by atoms with E-state index in [2.05, 4.69) is 23.5 Å². The van der Waals surface area contributed by atoms with Crippen molar-refractivity contribution in [3.63, 3.8) is 0 Å². The average Bonchev–Trinajstić information content (AvgIpc) is 3.11. The van der Waals surface area contributed by atoms with Gasteiger partial charge < -0.3 is 10.1 Å². The van der Waals surface area contributed by atoms with Gasteiger partial charge in [-0.25, -0.2) is 0 Å². The molecule has 1 heterocycles. The van der Waals surface area contributed by atoms with Crippen molar-refractivity contribution in [1.82, 2.24) is 5.32 Å². The third-order valence-corrected chi connectivity index (χ3v) is 4.73. The molecule has 1 atom stereocenters. The Bertz CT molecular complexity index is 417. The molecule has 1 aromatic carbocycles. The van der Waals surface area contributed by atoms with Crippen molar-refractivity contribution in [2.45, 2.75) is 56.9 Å². The molecule has 19 heavy (non-hydrogen) atoms. The van der Waals surface area contributed by atoms with Gasteiger partial charge in [-0.15, -0.1) is 0 Å². The highest BCUT2D eigenvalue weighted by atomic mass is 16.5. The molecular weight excluding hydrogens is 234 g/mol. The minimum absolute atomic E-state index is 0.685. The van der Waals surface area contributed by atoms with Crippen molar-refractivity contribution in [2.24, 2.45) is 0 Å². The molecule has 3 rings (SSSR count). The summed E-state index contributed by atoms with van der Waals surface area (Å²) in [5, 5.41) is 3.59.